The number of ether oxygens (including phenoxy) is 2. The van der Waals surface area contributed by atoms with Gasteiger partial charge in [0.05, 0.1) is 6.61 Å². The largest absolute Gasteiger partial charge is 0.461 e. The lowest BCUT2D eigenvalue weighted by Gasteiger charge is -2.27. The molecule has 4 rings (SSSR count). The Balaban J connectivity index is 1.24. The van der Waals surface area contributed by atoms with Gasteiger partial charge in [0.15, 0.2) is 5.69 Å². The highest BCUT2D eigenvalue weighted by Crippen LogP contribution is 2.39. The molecule has 3 heterocycles. The number of fused-ring (bicyclic) bond motifs is 1. The highest BCUT2D eigenvalue weighted by atomic mass is 16.5. The van der Waals surface area contributed by atoms with Crippen LogP contribution >= 0.6 is 0 Å². The molecule has 2 saturated heterocycles. The van der Waals surface area contributed by atoms with E-state index in [4.69, 9.17) is 9.47 Å². The Hall–Kier alpha value is -1.73. The number of esters is 1. The average Bonchev–Trinajstić information content (AvgIpc) is 3.21. The van der Waals surface area contributed by atoms with Crippen molar-refractivity contribution in [1.29, 1.82) is 0 Å². The topological polar surface area (TPSA) is 76.6 Å². The van der Waals surface area contributed by atoms with Crippen molar-refractivity contribution in [2.75, 3.05) is 44.8 Å². The summed E-state index contributed by atoms with van der Waals surface area (Å²) in [4.78, 5) is 14.3. The molecule has 0 unspecified atom stereocenters. The molecule has 0 spiro atoms. The van der Waals surface area contributed by atoms with Gasteiger partial charge in [0.2, 0.25) is 0 Å². The van der Waals surface area contributed by atoms with Crippen LogP contribution in [0.2, 0.25) is 0 Å². The number of anilines is 1. The number of likely N-dealkylation sites (tertiary alicyclic amines) is 1. The maximum Gasteiger partial charge on any atom is 0.358 e. The maximum atomic E-state index is 11.6. The van der Waals surface area contributed by atoms with E-state index in [1.54, 1.807) is 13.0 Å². The third-order valence-electron chi connectivity index (χ3n) is 6.19. The van der Waals surface area contributed by atoms with Gasteiger partial charge in [0.1, 0.15) is 5.82 Å². The van der Waals surface area contributed by atoms with Crippen LogP contribution in [-0.2, 0) is 9.47 Å². The Kier molecular flexibility index (Phi) is 5.88. The molecule has 2 aliphatic heterocycles. The van der Waals surface area contributed by atoms with E-state index in [-0.39, 0.29) is 5.69 Å². The molecule has 0 radical (unpaired) electrons. The summed E-state index contributed by atoms with van der Waals surface area (Å²) in [6, 6.07) is 3.96. The van der Waals surface area contributed by atoms with Crippen LogP contribution < -0.4 is 5.32 Å². The molecule has 1 aliphatic carbocycles. The summed E-state index contributed by atoms with van der Waals surface area (Å²) in [6.07, 6.45) is 4.82. The number of nitrogens with zero attached hydrogens (tertiary/aromatic N) is 3. The quantitative estimate of drug-likeness (QED) is 0.765. The predicted molar refractivity (Wildman–Crippen MR) is 102 cm³/mol. The van der Waals surface area contributed by atoms with Crippen LogP contribution in [0, 0.1) is 17.8 Å². The van der Waals surface area contributed by atoms with Crippen LogP contribution in [0.4, 0.5) is 5.82 Å². The van der Waals surface area contributed by atoms with E-state index in [1.165, 1.54) is 45.3 Å². The molecule has 0 amide bonds. The minimum absolute atomic E-state index is 0.259. The molecule has 0 aromatic carbocycles. The number of hydrogen-bond donors (Lipinski definition) is 1. The molecule has 7 nitrogen and oxygen atoms in total. The Labute approximate surface area is 160 Å². The molecule has 1 aromatic heterocycles. The van der Waals surface area contributed by atoms with Crippen LogP contribution in [-0.4, -0.2) is 66.6 Å². The van der Waals surface area contributed by atoms with Crippen LogP contribution in [0.5, 0.6) is 0 Å². The van der Waals surface area contributed by atoms with Crippen molar-refractivity contribution >= 4 is 11.8 Å². The number of aromatic nitrogens is 2. The fourth-order valence-electron chi connectivity index (χ4n) is 4.89. The third kappa shape index (κ3) is 4.58. The van der Waals surface area contributed by atoms with Gasteiger partial charge in [-0.2, -0.15) is 0 Å². The van der Waals surface area contributed by atoms with Gasteiger partial charge in [-0.25, -0.2) is 4.79 Å². The van der Waals surface area contributed by atoms with Crippen molar-refractivity contribution in [1.82, 2.24) is 15.1 Å². The number of carbonyl (C=O) groups is 1. The average molecular weight is 374 g/mol. The van der Waals surface area contributed by atoms with E-state index >= 15 is 0 Å². The molecule has 1 aromatic rings. The zero-order chi connectivity index (χ0) is 18.6. The second kappa shape index (κ2) is 8.52. The van der Waals surface area contributed by atoms with Gasteiger partial charge in [-0.3, -0.25) is 0 Å². The summed E-state index contributed by atoms with van der Waals surface area (Å²) in [5.74, 6) is 2.71. The first-order valence-electron chi connectivity index (χ1n) is 10.3. The molecule has 1 N–H and O–H groups in total. The van der Waals surface area contributed by atoms with Gasteiger partial charge in [0, 0.05) is 38.9 Å². The van der Waals surface area contributed by atoms with Gasteiger partial charge < -0.3 is 19.7 Å². The van der Waals surface area contributed by atoms with E-state index in [0.717, 1.165) is 36.8 Å². The summed E-state index contributed by atoms with van der Waals surface area (Å²) in [7, 11) is 0. The molecular formula is C20H30N4O3. The van der Waals surface area contributed by atoms with E-state index in [0.29, 0.717) is 12.6 Å². The molecule has 148 valence electrons. The predicted octanol–water partition coefficient (Wildman–Crippen LogP) is 2.20. The molecular weight excluding hydrogens is 344 g/mol. The zero-order valence-electron chi connectivity index (χ0n) is 16.1. The molecule has 27 heavy (non-hydrogen) atoms. The highest BCUT2D eigenvalue weighted by molar-refractivity contribution is 5.87. The van der Waals surface area contributed by atoms with Gasteiger partial charge >= 0.3 is 5.97 Å². The standard InChI is InChI=1S/C20H30N4O3/c1-2-27-20(25)18-3-4-19(23-22-18)21-17-9-15-12-24(13-16(15)10-17)11-14-5-7-26-8-6-14/h3-4,14-17H,2,5-13H2,1H3,(H,21,23)/t15-,16+,17+. The summed E-state index contributed by atoms with van der Waals surface area (Å²) in [5.41, 5.74) is 0.259. The fraction of sp³-hybridized carbons (Fsp3) is 0.750. The van der Waals surface area contributed by atoms with Crippen molar-refractivity contribution in [2.45, 2.75) is 38.6 Å². The van der Waals surface area contributed by atoms with Gasteiger partial charge in [-0.1, -0.05) is 0 Å². The third-order valence-corrected chi connectivity index (χ3v) is 6.19. The summed E-state index contributed by atoms with van der Waals surface area (Å²) in [5, 5.41) is 11.6. The van der Waals surface area contributed by atoms with Gasteiger partial charge in [-0.05, 0) is 62.5 Å². The Morgan fingerprint density at radius 3 is 2.59 bits per heavy atom. The number of hydrogen-bond acceptors (Lipinski definition) is 7. The summed E-state index contributed by atoms with van der Waals surface area (Å²) >= 11 is 0. The molecule has 1 saturated carbocycles. The van der Waals surface area contributed by atoms with Crippen molar-refractivity contribution in [3.8, 4) is 0 Å². The van der Waals surface area contributed by atoms with E-state index in [9.17, 15) is 4.79 Å². The molecule has 3 atom stereocenters. The van der Waals surface area contributed by atoms with Crippen molar-refractivity contribution < 1.29 is 14.3 Å². The number of nitrogens with one attached hydrogen (secondary N) is 1. The molecule has 0 bridgehead atoms. The first kappa shape index (κ1) is 18.6. The van der Waals surface area contributed by atoms with Crippen LogP contribution in [0.25, 0.3) is 0 Å². The molecule has 3 fully saturated rings. The first-order chi connectivity index (χ1) is 13.2. The monoisotopic (exact) mass is 374 g/mol. The summed E-state index contributed by atoms with van der Waals surface area (Å²) < 4.78 is 10.4. The number of rotatable bonds is 6. The van der Waals surface area contributed by atoms with Crippen LogP contribution in [0.15, 0.2) is 12.1 Å². The molecule has 3 aliphatic rings. The van der Waals surface area contributed by atoms with Crippen LogP contribution in [0.3, 0.4) is 0 Å². The SMILES string of the molecule is CCOC(=O)c1ccc(N[C@H]2C[C@@H]3CN(CC4CCOCC4)C[C@@H]3C2)nn1. The Morgan fingerprint density at radius 1 is 1.22 bits per heavy atom. The van der Waals surface area contributed by atoms with E-state index in [2.05, 4.69) is 20.4 Å². The van der Waals surface area contributed by atoms with E-state index < -0.39 is 5.97 Å². The van der Waals surface area contributed by atoms with Crippen molar-refractivity contribution in [3.63, 3.8) is 0 Å². The minimum Gasteiger partial charge on any atom is -0.461 e. The maximum absolute atomic E-state index is 11.6. The second-order valence-electron chi connectivity index (χ2n) is 8.13. The molecule has 7 heteroatoms. The fourth-order valence-corrected chi connectivity index (χ4v) is 4.89. The highest BCUT2D eigenvalue weighted by Gasteiger charge is 2.41. The first-order valence-corrected chi connectivity index (χ1v) is 10.3. The smallest absolute Gasteiger partial charge is 0.358 e. The van der Waals surface area contributed by atoms with Crippen molar-refractivity contribution in [2.24, 2.45) is 17.8 Å². The van der Waals surface area contributed by atoms with Crippen LogP contribution in [0.1, 0.15) is 43.1 Å². The lowest BCUT2D eigenvalue weighted by atomic mass is 10.00. The Morgan fingerprint density at radius 2 is 1.96 bits per heavy atom. The normalized spacial score (nSPS) is 28.9. The second-order valence-corrected chi connectivity index (χ2v) is 8.13. The lowest BCUT2D eigenvalue weighted by Crippen LogP contribution is -2.32. The van der Waals surface area contributed by atoms with Crippen molar-refractivity contribution in [3.05, 3.63) is 17.8 Å². The summed E-state index contributed by atoms with van der Waals surface area (Å²) in [6.45, 7) is 7.71. The lowest BCUT2D eigenvalue weighted by molar-refractivity contribution is 0.0518. The van der Waals surface area contributed by atoms with Gasteiger partial charge in [-0.15, -0.1) is 10.2 Å². The number of carbonyl (C=O) groups excluding carboxylic acids is 1. The van der Waals surface area contributed by atoms with E-state index in [1.807, 2.05) is 6.07 Å². The minimum atomic E-state index is -0.420. The zero-order valence-corrected chi connectivity index (χ0v) is 16.1. The Bertz CT molecular complexity index is 619. The van der Waals surface area contributed by atoms with Gasteiger partial charge in [0.25, 0.3) is 0 Å².